The van der Waals surface area contributed by atoms with Gasteiger partial charge in [-0.15, -0.1) is 0 Å². The number of halogens is 1. The normalized spacial score (nSPS) is 22.0. The molecule has 0 bridgehead atoms. The molecule has 2 amide bonds. The molecule has 0 aliphatic carbocycles. The maximum atomic E-state index is 13.8. The molecule has 2 N–H and O–H groups in total. The second-order valence-electron chi connectivity index (χ2n) is 5.43. The van der Waals surface area contributed by atoms with Gasteiger partial charge in [-0.1, -0.05) is 6.07 Å². The number of aromatic carboxylic acids is 1. The smallest absolute Gasteiger partial charge is 0.337 e. The monoisotopic (exact) mass is 294 g/mol. The summed E-state index contributed by atoms with van der Waals surface area (Å²) in [4.78, 5) is 25.2. The van der Waals surface area contributed by atoms with Gasteiger partial charge in [0.1, 0.15) is 5.82 Å². The van der Waals surface area contributed by atoms with Crippen LogP contribution in [0.3, 0.4) is 0 Å². The van der Waals surface area contributed by atoms with Gasteiger partial charge in [0.05, 0.1) is 11.3 Å². The molecule has 0 spiro atoms. The average Bonchev–Trinajstić information content (AvgIpc) is 2.40. The van der Waals surface area contributed by atoms with Gasteiger partial charge in [-0.3, -0.25) is 0 Å². The molecule has 0 aromatic heterocycles. The van der Waals surface area contributed by atoms with Crippen molar-refractivity contribution in [3.63, 3.8) is 0 Å². The van der Waals surface area contributed by atoms with E-state index in [2.05, 4.69) is 5.32 Å². The Balaban J connectivity index is 2.25. The summed E-state index contributed by atoms with van der Waals surface area (Å²) in [5.41, 5.74) is -0.527. The van der Waals surface area contributed by atoms with Gasteiger partial charge in [-0.2, -0.15) is 0 Å². The fourth-order valence-electron chi connectivity index (χ4n) is 2.82. The van der Waals surface area contributed by atoms with E-state index in [0.717, 1.165) is 25.3 Å². The van der Waals surface area contributed by atoms with Gasteiger partial charge in [-0.25, -0.2) is 14.0 Å². The third kappa shape index (κ3) is 3.15. The molecule has 5 nitrogen and oxygen atoms in total. The van der Waals surface area contributed by atoms with Crippen LogP contribution in [0.15, 0.2) is 18.2 Å². The van der Waals surface area contributed by atoms with E-state index in [-0.39, 0.29) is 23.3 Å². The van der Waals surface area contributed by atoms with Crippen LogP contribution in [-0.4, -0.2) is 34.1 Å². The largest absolute Gasteiger partial charge is 0.478 e. The van der Waals surface area contributed by atoms with Gasteiger partial charge < -0.3 is 15.3 Å². The Bertz CT molecular complexity index is 552. The van der Waals surface area contributed by atoms with Crippen LogP contribution in [0.2, 0.25) is 0 Å². The highest BCUT2D eigenvalue weighted by molar-refractivity contribution is 6.00. The van der Waals surface area contributed by atoms with Crippen molar-refractivity contribution >= 4 is 17.7 Å². The molecule has 1 aromatic rings. The van der Waals surface area contributed by atoms with E-state index in [9.17, 15) is 14.0 Å². The predicted molar refractivity (Wildman–Crippen MR) is 77.0 cm³/mol. The summed E-state index contributed by atoms with van der Waals surface area (Å²) < 4.78 is 13.8. The molecule has 1 heterocycles. The van der Waals surface area contributed by atoms with Gasteiger partial charge in [0, 0.05) is 12.1 Å². The van der Waals surface area contributed by atoms with E-state index in [1.165, 1.54) is 12.1 Å². The molecule has 2 atom stereocenters. The zero-order valence-corrected chi connectivity index (χ0v) is 12.1. The van der Waals surface area contributed by atoms with Gasteiger partial charge in [0.15, 0.2) is 0 Å². The second-order valence-corrected chi connectivity index (χ2v) is 5.43. The number of hydrogen-bond acceptors (Lipinski definition) is 2. The lowest BCUT2D eigenvalue weighted by Crippen LogP contribution is -2.49. The number of piperidine rings is 1. The summed E-state index contributed by atoms with van der Waals surface area (Å²) in [6.07, 6.45) is 2.83. The molecule has 6 heteroatoms. The summed E-state index contributed by atoms with van der Waals surface area (Å²) in [6, 6.07) is 3.35. The quantitative estimate of drug-likeness (QED) is 0.879. The van der Waals surface area contributed by atoms with E-state index in [1.54, 1.807) is 4.90 Å². The number of carbonyl (C=O) groups excluding carboxylic acids is 1. The SMILES string of the molecule is C[C@@H]1CCC[C@H](C)N1C(=O)Nc1c(F)cccc1C(=O)O. The number of urea groups is 1. The molecule has 0 unspecified atom stereocenters. The number of para-hydroxylation sites is 1. The Hall–Kier alpha value is -2.11. The van der Waals surface area contributed by atoms with Crippen molar-refractivity contribution in [2.75, 3.05) is 5.32 Å². The third-order valence-electron chi connectivity index (χ3n) is 3.90. The summed E-state index contributed by atoms with van der Waals surface area (Å²) in [6.45, 7) is 3.88. The van der Waals surface area contributed by atoms with Crippen molar-refractivity contribution in [2.24, 2.45) is 0 Å². The number of nitrogens with zero attached hydrogens (tertiary/aromatic N) is 1. The molecule has 2 rings (SSSR count). The Morgan fingerprint density at radius 1 is 1.29 bits per heavy atom. The minimum atomic E-state index is -1.27. The lowest BCUT2D eigenvalue weighted by atomic mass is 9.98. The predicted octanol–water partition coefficient (Wildman–Crippen LogP) is 3.32. The van der Waals surface area contributed by atoms with Gasteiger partial charge >= 0.3 is 12.0 Å². The fraction of sp³-hybridized carbons (Fsp3) is 0.467. The van der Waals surface area contributed by atoms with Crippen LogP contribution >= 0.6 is 0 Å². The standard InChI is InChI=1S/C15H19FN2O3/c1-9-5-3-6-10(2)18(9)15(21)17-13-11(14(19)20)7-4-8-12(13)16/h4,7-10H,3,5-6H2,1-2H3,(H,17,21)(H,19,20)/t9-,10+. The van der Waals surface area contributed by atoms with Crippen molar-refractivity contribution in [3.05, 3.63) is 29.6 Å². The first-order valence-corrected chi connectivity index (χ1v) is 7.03. The zero-order chi connectivity index (χ0) is 15.6. The van der Waals surface area contributed by atoms with Gasteiger partial charge in [0.25, 0.3) is 0 Å². The second kappa shape index (κ2) is 6.11. The van der Waals surface area contributed by atoms with Crippen molar-refractivity contribution in [2.45, 2.75) is 45.2 Å². The average molecular weight is 294 g/mol. The number of carbonyl (C=O) groups is 2. The van der Waals surface area contributed by atoms with Crippen LogP contribution in [0.5, 0.6) is 0 Å². The first-order chi connectivity index (χ1) is 9.91. The molecular weight excluding hydrogens is 275 g/mol. The minimum Gasteiger partial charge on any atom is -0.478 e. The lowest BCUT2D eigenvalue weighted by molar-refractivity contribution is 0.0697. The molecule has 1 fully saturated rings. The number of hydrogen-bond donors (Lipinski definition) is 2. The third-order valence-corrected chi connectivity index (χ3v) is 3.90. The van der Waals surface area contributed by atoms with E-state index in [1.807, 2.05) is 13.8 Å². The number of carboxylic acid groups (broad SMARTS) is 1. The molecule has 0 saturated carbocycles. The number of nitrogens with one attached hydrogen (secondary N) is 1. The molecule has 1 aliphatic rings. The first kappa shape index (κ1) is 15.3. The number of rotatable bonds is 2. The zero-order valence-electron chi connectivity index (χ0n) is 12.1. The van der Waals surface area contributed by atoms with E-state index in [4.69, 9.17) is 5.11 Å². The maximum Gasteiger partial charge on any atom is 0.337 e. The fourth-order valence-corrected chi connectivity index (χ4v) is 2.82. The molecule has 1 aromatic carbocycles. The van der Waals surface area contributed by atoms with E-state index >= 15 is 0 Å². The molecular formula is C15H19FN2O3. The summed E-state index contributed by atoms with van der Waals surface area (Å²) in [7, 11) is 0. The molecule has 1 saturated heterocycles. The Kier molecular flexibility index (Phi) is 4.45. The van der Waals surface area contributed by atoms with Crippen LogP contribution in [0, 0.1) is 5.82 Å². The lowest BCUT2D eigenvalue weighted by Gasteiger charge is -2.39. The highest BCUT2D eigenvalue weighted by Crippen LogP contribution is 2.25. The number of anilines is 1. The molecule has 0 radical (unpaired) electrons. The Morgan fingerprint density at radius 2 is 1.90 bits per heavy atom. The highest BCUT2D eigenvalue weighted by atomic mass is 19.1. The molecule has 1 aliphatic heterocycles. The van der Waals surface area contributed by atoms with Crippen LogP contribution in [0.1, 0.15) is 43.5 Å². The molecule has 21 heavy (non-hydrogen) atoms. The van der Waals surface area contributed by atoms with E-state index in [0.29, 0.717) is 0 Å². The number of likely N-dealkylation sites (tertiary alicyclic amines) is 1. The Labute approximate surface area is 122 Å². The van der Waals surface area contributed by atoms with E-state index < -0.39 is 17.8 Å². The van der Waals surface area contributed by atoms with Gasteiger partial charge in [0.2, 0.25) is 0 Å². The summed E-state index contributed by atoms with van der Waals surface area (Å²) in [5, 5.41) is 11.5. The summed E-state index contributed by atoms with van der Waals surface area (Å²) >= 11 is 0. The van der Waals surface area contributed by atoms with Crippen molar-refractivity contribution in [1.82, 2.24) is 4.90 Å². The molecule has 114 valence electrons. The van der Waals surface area contributed by atoms with Crippen molar-refractivity contribution in [1.29, 1.82) is 0 Å². The van der Waals surface area contributed by atoms with Crippen LogP contribution < -0.4 is 5.32 Å². The number of benzene rings is 1. The summed E-state index contributed by atoms with van der Waals surface area (Å²) in [5.74, 6) is -2.02. The van der Waals surface area contributed by atoms with Gasteiger partial charge in [-0.05, 0) is 45.2 Å². The maximum absolute atomic E-state index is 13.8. The minimum absolute atomic E-state index is 0.0498. The van der Waals surface area contributed by atoms with Crippen molar-refractivity contribution < 1.29 is 19.1 Å². The number of carboxylic acids is 1. The van der Waals surface area contributed by atoms with Crippen LogP contribution in [-0.2, 0) is 0 Å². The highest BCUT2D eigenvalue weighted by Gasteiger charge is 2.30. The first-order valence-electron chi connectivity index (χ1n) is 7.03. The van der Waals surface area contributed by atoms with Crippen molar-refractivity contribution in [3.8, 4) is 0 Å². The van der Waals surface area contributed by atoms with Crippen LogP contribution in [0.4, 0.5) is 14.9 Å². The topological polar surface area (TPSA) is 69.6 Å². The van der Waals surface area contributed by atoms with Crippen LogP contribution in [0.25, 0.3) is 0 Å². The number of amides is 2. The Morgan fingerprint density at radius 3 is 2.48 bits per heavy atom.